The van der Waals surface area contributed by atoms with E-state index < -0.39 is 0 Å². The highest BCUT2D eigenvalue weighted by Crippen LogP contribution is 2.68. The molecule has 0 aromatic carbocycles. The predicted octanol–water partition coefficient (Wildman–Crippen LogP) is 1.82. The zero-order chi connectivity index (χ0) is 13.6. The van der Waals surface area contributed by atoms with E-state index in [-0.39, 0.29) is 28.7 Å². The summed E-state index contributed by atoms with van der Waals surface area (Å²) < 4.78 is 5.12. The molecule has 1 aliphatic carbocycles. The van der Waals surface area contributed by atoms with Crippen LogP contribution in [0, 0.1) is 16.7 Å². The zero-order valence-corrected chi connectivity index (χ0v) is 11.5. The Morgan fingerprint density at radius 1 is 1.39 bits per heavy atom. The molecule has 6 heteroatoms. The molecule has 2 N–H and O–H groups in total. The molecule has 1 fully saturated rings. The fourth-order valence-corrected chi connectivity index (χ4v) is 2.54. The van der Waals surface area contributed by atoms with Gasteiger partial charge in [0.15, 0.2) is 0 Å². The second kappa shape index (κ2) is 3.96. The monoisotopic (exact) mass is 252 g/mol. The van der Waals surface area contributed by atoms with Gasteiger partial charge in [-0.05, 0) is 17.8 Å². The van der Waals surface area contributed by atoms with Gasteiger partial charge in [0.1, 0.15) is 0 Å². The minimum atomic E-state index is -0.0239. The Morgan fingerprint density at radius 3 is 2.50 bits per heavy atom. The molecule has 0 spiro atoms. The number of nitrogens with one attached hydrogen (secondary N) is 2. The van der Waals surface area contributed by atoms with Crippen LogP contribution in [0.15, 0.2) is 0 Å². The summed E-state index contributed by atoms with van der Waals surface area (Å²) in [7, 11) is 0. The molecule has 0 bridgehead atoms. The van der Waals surface area contributed by atoms with Crippen molar-refractivity contribution in [2.24, 2.45) is 16.7 Å². The highest BCUT2D eigenvalue weighted by Gasteiger charge is 2.68. The molecule has 1 aromatic rings. The van der Waals surface area contributed by atoms with Crippen molar-refractivity contribution >= 4 is 11.9 Å². The Kier molecular flexibility index (Phi) is 2.83. The van der Waals surface area contributed by atoms with Gasteiger partial charge in [-0.15, -0.1) is 5.10 Å². The van der Waals surface area contributed by atoms with E-state index in [2.05, 4.69) is 48.2 Å². The summed E-state index contributed by atoms with van der Waals surface area (Å²) in [5.74, 6) is 0.303. The third-order valence-corrected chi connectivity index (χ3v) is 4.26. The largest absolute Gasteiger partial charge is 0.463 e. The van der Waals surface area contributed by atoms with Gasteiger partial charge in [-0.3, -0.25) is 10.1 Å². The number of carbonyl (C=O) groups is 1. The summed E-state index contributed by atoms with van der Waals surface area (Å²) in [6.45, 7) is 10.7. The van der Waals surface area contributed by atoms with Crippen LogP contribution >= 0.6 is 0 Å². The molecular formula is C12H20N4O2. The molecule has 2 rings (SSSR count). The molecular weight excluding hydrogens is 232 g/mol. The number of rotatable bonds is 4. The average molecular weight is 252 g/mol. The van der Waals surface area contributed by atoms with E-state index in [0.29, 0.717) is 12.6 Å². The van der Waals surface area contributed by atoms with Crippen molar-refractivity contribution in [1.82, 2.24) is 15.2 Å². The molecule has 6 nitrogen and oxygen atoms in total. The molecule has 18 heavy (non-hydrogen) atoms. The van der Waals surface area contributed by atoms with Gasteiger partial charge in [-0.1, -0.05) is 27.7 Å². The third-order valence-electron chi connectivity index (χ3n) is 4.26. The van der Waals surface area contributed by atoms with E-state index in [9.17, 15) is 4.79 Å². The summed E-state index contributed by atoms with van der Waals surface area (Å²) in [6, 6.07) is 0.252. The van der Waals surface area contributed by atoms with Crippen molar-refractivity contribution in [3.63, 3.8) is 0 Å². The highest BCUT2D eigenvalue weighted by molar-refractivity contribution is 5.94. The van der Waals surface area contributed by atoms with E-state index in [1.54, 1.807) is 0 Å². The third kappa shape index (κ3) is 1.85. The number of aromatic amines is 1. The number of hydrogen-bond acceptors (Lipinski definition) is 4. The van der Waals surface area contributed by atoms with Gasteiger partial charge in [0.05, 0.1) is 6.61 Å². The van der Waals surface area contributed by atoms with E-state index in [4.69, 9.17) is 4.74 Å². The molecule has 1 aliphatic rings. The van der Waals surface area contributed by atoms with Crippen molar-refractivity contribution in [2.45, 2.75) is 34.6 Å². The molecule has 1 heterocycles. The van der Waals surface area contributed by atoms with Crippen molar-refractivity contribution < 1.29 is 9.53 Å². The van der Waals surface area contributed by atoms with Crippen LogP contribution in [0.5, 0.6) is 6.01 Å². The molecule has 0 radical (unpaired) electrons. The first-order chi connectivity index (χ1) is 8.30. The van der Waals surface area contributed by atoms with Gasteiger partial charge in [-0.25, -0.2) is 5.10 Å². The standard InChI is InChI=1S/C12H20N4O2/c1-6-18-10-14-9(15-16-10)13-8(17)7-11(2,3)12(7,4)5/h7H,6H2,1-5H3,(H2,13,14,15,16,17). The van der Waals surface area contributed by atoms with E-state index >= 15 is 0 Å². The van der Waals surface area contributed by atoms with Gasteiger partial charge in [0.2, 0.25) is 11.9 Å². The second-order valence-corrected chi connectivity index (χ2v) is 5.77. The summed E-state index contributed by atoms with van der Waals surface area (Å²) in [5.41, 5.74) is 0.0275. The van der Waals surface area contributed by atoms with Gasteiger partial charge >= 0.3 is 6.01 Å². The molecule has 1 amide bonds. The number of anilines is 1. The smallest absolute Gasteiger partial charge is 0.337 e. The molecule has 1 aromatic heterocycles. The van der Waals surface area contributed by atoms with E-state index in [1.165, 1.54) is 0 Å². The maximum atomic E-state index is 12.1. The van der Waals surface area contributed by atoms with Crippen LogP contribution in [0.25, 0.3) is 0 Å². The summed E-state index contributed by atoms with van der Waals surface area (Å²) >= 11 is 0. The fourth-order valence-electron chi connectivity index (χ4n) is 2.54. The van der Waals surface area contributed by atoms with Gasteiger partial charge < -0.3 is 4.74 Å². The lowest BCUT2D eigenvalue weighted by Crippen LogP contribution is -2.18. The number of hydrogen-bond donors (Lipinski definition) is 2. The van der Waals surface area contributed by atoms with Crippen LogP contribution in [-0.4, -0.2) is 27.7 Å². The quantitative estimate of drug-likeness (QED) is 0.856. The maximum absolute atomic E-state index is 12.1. The summed E-state index contributed by atoms with van der Waals surface area (Å²) in [4.78, 5) is 16.2. The van der Waals surface area contributed by atoms with Crippen molar-refractivity contribution in [2.75, 3.05) is 11.9 Å². The molecule has 1 saturated carbocycles. The maximum Gasteiger partial charge on any atom is 0.337 e. The lowest BCUT2D eigenvalue weighted by atomic mass is 10.0. The average Bonchev–Trinajstić information content (AvgIpc) is 2.59. The van der Waals surface area contributed by atoms with Crippen LogP contribution in [0.1, 0.15) is 34.6 Å². The van der Waals surface area contributed by atoms with Gasteiger partial charge in [0, 0.05) is 5.92 Å². The first kappa shape index (κ1) is 12.9. The number of nitrogens with zero attached hydrogens (tertiary/aromatic N) is 2. The van der Waals surface area contributed by atoms with Crippen molar-refractivity contribution in [3.8, 4) is 6.01 Å². The molecule has 0 saturated heterocycles. The molecule has 0 aliphatic heterocycles. The van der Waals surface area contributed by atoms with Crippen LogP contribution in [-0.2, 0) is 4.79 Å². The van der Waals surface area contributed by atoms with Crippen LogP contribution in [0.3, 0.4) is 0 Å². The number of amides is 1. The van der Waals surface area contributed by atoms with Crippen LogP contribution in [0.4, 0.5) is 5.95 Å². The summed E-state index contributed by atoms with van der Waals surface area (Å²) in [5, 5.41) is 9.22. The van der Waals surface area contributed by atoms with E-state index in [0.717, 1.165) is 0 Å². The highest BCUT2D eigenvalue weighted by atomic mass is 16.5. The first-order valence-electron chi connectivity index (χ1n) is 6.16. The molecule has 0 atom stereocenters. The van der Waals surface area contributed by atoms with Crippen LogP contribution < -0.4 is 10.1 Å². The normalized spacial score (nSPS) is 20.5. The SMILES string of the molecule is CCOc1n[nH]c(NC(=O)C2C(C)(C)C2(C)C)n1. The summed E-state index contributed by atoms with van der Waals surface area (Å²) in [6.07, 6.45) is 0. The number of carbonyl (C=O) groups excluding carboxylic acids is 1. The topological polar surface area (TPSA) is 79.9 Å². The van der Waals surface area contributed by atoms with Crippen LogP contribution in [0.2, 0.25) is 0 Å². The number of H-pyrrole nitrogens is 1. The van der Waals surface area contributed by atoms with Crippen molar-refractivity contribution in [1.29, 1.82) is 0 Å². The Labute approximate surface area is 107 Å². The van der Waals surface area contributed by atoms with E-state index in [1.807, 2.05) is 6.92 Å². The number of ether oxygens (including phenoxy) is 1. The number of aromatic nitrogens is 3. The van der Waals surface area contributed by atoms with Crippen molar-refractivity contribution in [3.05, 3.63) is 0 Å². The Morgan fingerprint density at radius 2 is 2.00 bits per heavy atom. The fraction of sp³-hybridized carbons (Fsp3) is 0.750. The Balaban J connectivity index is 2.00. The zero-order valence-electron chi connectivity index (χ0n) is 11.5. The van der Waals surface area contributed by atoms with Gasteiger partial charge in [0.25, 0.3) is 0 Å². The molecule has 100 valence electrons. The Hall–Kier alpha value is -1.59. The molecule has 0 unspecified atom stereocenters. The predicted molar refractivity (Wildman–Crippen MR) is 67.2 cm³/mol. The lowest BCUT2D eigenvalue weighted by molar-refractivity contribution is -0.118. The first-order valence-corrected chi connectivity index (χ1v) is 6.16. The Bertz CT molecular complexity index is 450. The lowest BCUT2D eigenvalue weighted by Gasteiger charge is -2.03. The minimum absolute atomic E-state index is 0.00866. The minimum Gasteiger partial charge on any atom is -0.463 e. The van der Waals surface area contributed by atoms with Gasteiger partial charge in [-0.2, -0.15) is 4.98 Å². The second-order valence-electron chi connectivity index (χ2n) is 5.77.